The number of nitrogens with one attached hydrogen (secondary N) is 2. The number of piperazine rings is 1. The van der Waals surface area contributed by atoms with Gasteiger partial charge >= 0.3 is 0 Å². The van der Waals surface area contributed by atoms with Gasteiger partial charge in [-0.3, -0.25) is 0 Å². The molecule has 27 heavy (non-hydrogen) atoms. The third-order valence-corrected chi connectivity index (χ3v) is 5.59. The first kappa shape index (κ1) is 19.7. The SMILES string of the molecule is C=CC[NH+]1CC[NH+]([C@@H](c2ccc(C)cc2)c2nnnn2CCC(C)C)CC1. The van der Waals surface area contributed by atoms with Crippen molar-refractivity contribution in [2.45, 2.75) is 39.8 Å². The maximum atomic E-state index is 4.48. The van der Waals surface area contributed by atoms with Crippen molar-refractivity contribution >= 4 is 0 Å². The second kappa shape index (κ2) is 9.24. The van der Waals surface area contributed by atoms with Crippen molar-refractivity contribution in [3.63, 3.8) is 0 Å². The molecule has 0 spiro atoms. The number of nitrogens with zero attached hydrogens (tertiary/aromatic N) is 4. The maximum absolute atomic E-state index is 4.48. The van der Waals surface area contributed by atoms with Gasteiger partial charge in [-0.15, -0.1) is 5.10 Å². The van der Waals surface area contributed by atoms with Gasteiger partial charge < -0.3 is 9.80 Å². The van der Waals surface area contributed by atoms with Crippen molar-refractivity contribution in [1.82, 2.24) is 20.2 Å². The highest BCUT2D eigenvalue weighted by Gasteiger charge is 2.35. The predicted molar refractivity (Wildman–Crippen MR) is 107 cm³/mol. The molecular formula is C21H34N6+2. The summed E-state index contributed by atoms with van der Waals surface area (Å²) in [6.45, 7) is 17.0. The average Bonchev–Trinajstić information content (AvgIpc) is 3.11. The van der Waals surface area contributed by atoms with Crippen LogP contribution in [0.15, 0.2) is 36.9 Å². The van der Waals surface area contributed by atoms with Crippen LogP contribution >= 0.6 is 0 Å². The quantitative estimate of drug-likeness (QED) is 0.648. The average molecular weight is 371 g/mol. The number of aryl methyl sites for hydroxylation is 2. The van der Waals surface area contributed by atoms with Crippen LogP contribution in [0.1, 0.15) is 43.3 Å². The third kappa shape index (κ3) is 5.02. The first-order valence-electron chi connectivity index (χ1n) is 10.2. The van der Waals surface area contributed by atoms with E-state index < -0.39 is 0 Å². The lowest BCUT2D eigenvalue weighted by molar-refractivity contribution is -1.02. The van der Waals surface area contributed by atoms with Crippen molar-refractivity contribution in [2.75, 3.05) is 32.7 Å². The summed E-state index contributed by atoms with van der Waals surface area (Å²) in [7, 11) is 0. The van der Waals surface area contributed by atoms with Gasteiger partial charge in [0.05, 0.1) is 6.54 Å². The van der Waals surface area contributed by atoms with E-state index in [4.69, 9.17) is 0 Å². The zero-order valence-electron chi connectivity index (χ0n) is 17.0. The Morgan fingerprint density at radius 1 is 1.15 bits per heavy atom. The minimum Gasteiger partial charge on any atom is -0.322 e. The van der Waals surface area contributed by atoms with Crippen LogP contribution < -0.4 is 9.80 Å². The van der Waals surface area contributed by atoms with E-state index in [-0.39, 0.29) is 6.04 Å². The number of aromatic nitrogens is 4. The molecule has 0 radical (unpaired) electrons. The Bertz CT molecular complexity index is 713. The molecule has 6 nitrogen and oxygen atoms in total. The molecule has 2 heterocycles. The summed E-state index contributed by atoms with van der Waals surface area (Å²) in [5.41, 5.74) is 2.59. The van der Waals surface area contributed by atoms with E-state index in [2.05, 4.69) is 67.1 Å². The van der Waals surface area contributed by atoms with E-state index in [1.807, 2.05) is 10.8 Å². The van der Waals surface area contributed by atoms with E-state index in [1.165, 1.54) is 11.1 Å². The highest BCUT2D eigenvalue weighted by Crippen LogP contribution is 2.18. The van der Waals surface area contributed by atoms with Gasteiger partial charge in [0.15, 0.2) is 6.04 Å². The Morgan fingerprint density at radius 3 is 2.48 bits per heavy atom. The lowest BCUT2D eigenvalue weighted by Gasteiger charge is -2.34. The van der Waals surface area contributed by atoms with Crippen LogP contribution in [-0.4, -0.2) is 52.9 Å². The number of benzene rings is 1. The Kier molecular flexibility index (Phi) is 6.74. The number of tetrazole rings is 1. The van der Waals surface area contributed by atoms with E-state index in [9.17, 15) is 0 Å². The zero-order chi connectivity index (χ0) is 19.2. The Hall–Kier alpha value is -2.05. The van der Waals surface area contributed by atoms with Crippen LogP contribution in [0.3, 0.4) is 0 Å². The molecular weight excluding hydrogens is 336 g/mol. The van der Waals surface area contributed by atoms with Gasteiger partial charge in [0.1, 0.15) is 26.2 Å². The number of hydrogen-bond acceptors (Lipinski definition) is 3. The molecule has 3 rings (SSSR count). The zero-order valence-corrected chi connectivity index (χ0v) is 17.0. The summed E-state index contributed by atoms with van der Waals surface area (Å²) < 4.78 is 2.03. The van der Waals surface area contributed by atoms with Gasteiger partial charge in [0, 0.05) is 12.1 Å². The molecule has 0 unspecified atom stereocenters. The van der Waals surface area contributed by atoms with Crippen LogP contribution in [0.25, 0.3) is 0 Å². The highest BCUT2D eigenvalue weighted by atomic mass is 15.6. The number of rotatable bonds is 8. The predicted octanol–water partition coefficient (Wildman–Crippen LogP) is 0.0864. The minimum atomic E-state index is 0.193. The monoisotopic (exact) mass is 370 g/mol. The van der Waals surface area contributed by atoms with Crippen molar-refractivity contribution < 1.29 is 9.80 Å². The van der Waals surface area contributed by atoms with Crippen molar-refractivity contribution in [2.24, 2.45) is 5.92 Å². The largest absolute Gasteiger partial charge is 0.322 e. The molecule has 1 aliphatic rings. The van der Waals surface area contributed by atoms with Crippen LogP contribution in [0.5, 0.6) is 0 Å². The van der Waals surface area contributed by atoms with Crippen LogP contribution in [0.2, 0.25) is 0 Å². The minimum absolute atomic E-state index is 0.193. The summed E-state index contributed by atoms with van der Waals surface area (Å²) in [5, 5.41) is 12.8. The molecule has 1 saturated heterocycles. The van der Waals surface area contributed by atoms with Gasteiger partial charge in [-0.1, -0.05) is 50.3 Å². The summed E-state index contributed by atoms with van der Waals surface area (Å²) in [6.07, 6.45) is 3.12. The van der Waals surface area contributed by atoms with Crippen molar-refractivity contribution in [1.29, 1.82) is 0 Å². The van der Waals surface area contributed by atoms with Gasteiger partial charge in [0.25, 0.3) is 0 Å². The van der Waals surface area contributed by atoms with E-state index >= 15 is 0 Å². The smallest absolute Gasteiger partial charge is 0.214 e. The highest BCUT2D eigenvalue weighted by molar-refractivity contribution is 5.26. The van der Waals surface area contributed by atoms with Gasteiger partial charge in [-0.05, 0) is 35.8 Å². The van der Waals surface area contributed by atoms with Crippen molar-refractivity contribution in [3.8, 4) is 0 Å². The maximum Gasteiger partial charge on any atom is 0.214 e. The Balaban J connectivity index is 1.86. The second-order valence-corrected chi connectivity index (χ2v) is 8.19. The van der Waals surface area contributed by atoms with Gasteiger partial charge in [0.2, 0.25) is 5.82 Å². The van der Waals surface area contributed by atoms with Crippen LogP contribution in [-0.2, 0) is 6.54 Å². The third-order valence-electron chi connectivity index (χ3n) is 5.59. The molecule has 1 fully saturated rings. The molecule has 1 aromatic carbocycles. The molecule has 146 valence electrons. The summed E-state index contributed by atoms with van der Waals surface area (Å²) in [4.78, 5) is 3.18. The van der Waals surface area contributed by atoms with E-state index in [1.54, 1.807) is 9.80 Å². The van der Waals surface area contributed by atoms with Crippen LogP contribution in [0.4, 0.5) is 0 Å². The molecule has 1 atom stereocenters. The standard InChI is InChI=1S/C21H32N6/c1-5-11-25-13-15-26(16-14-25)20(19-8-6-18(4)7-9-19)21-22-23-24-27(21)12-10-17(2)3/h5-9,17,20H,1,10-16H2,2-4H3/p+2/t20-/m0/s1. The molecule has 1 aliphatic heterocycles. The number of quaternary nitrogens is 2. The molecule has 6 heteroatoms. The molecule has 1 aromatic heterocycles. The topological polar surface area (TPSA) is 52.5 Å². The van der Waals surface area contributed by atoms with Gasteiger partial charge in [-0.25, -0.2) is 4.68 Å². The first-order chi connectivity index (χ1) is 13.1. The summed E-state index contributed by atoms with van der Waals surface area (Å²) in [5.74, 6) is 1.64. The van der Waals surface area contributed by atoms with E-state index in [0.29, 0.717) is 5.92 Å². The number of hydrogen-bond donors (Lipinski definition) is 2. The second-order valence-electron chi connectivity index (χ2n) is 8.19. The first-order valence-corrected chi connectivity index (χ1v) is 10.2. The molecule has 0 saturated carbocycles. The van der Waals surface area contributed by atoms with Gasteiger partial charge in [-0.2, -0.15) is 0 Å². The molecule has 0 bridgehead atoms. The lowest BCUT2D eigenvalue weighted by Crippen LogP contribution is -3.28. The summed E-state index contributed by atoms with van der Waals surface area (Å²) >= 11 is 0. The van der Waals surface area contributed by atoms with Crippen molar-refractivity contribution in [3.05, 3.63) is 53.9 Å². The van der Waals surface area contributed by atoms with Crippen LogP contribution in [0, 0.1) is 12.8 Å². The van der Waals surface area contributed by atoms with E-state index in [0.717, 1.165) is 51.5 Å². The molecule has 0 aliphatic carbocycles. The fraction of sp³-hybridized carbons (Fsp3) is 0.571. The Morgan fingerprint density at radius 2 is 1.85 bits per heavy atom. The Labute approximate surface area is 162 Å². The summed E-state index contributed by atoms with van der Waals surface area (Å²) in [6, 6.07) is 9.08. The fourth-order valence-electron chi connectivity index (χ4n) is 3.91. The lowest BCUT2D eigenvalue weighted by atomic mass is 10.0. The molecule has 0 amide bonds. The normalized spacial score (nSPS) is 21.3. The molecule has 2 aromatic rings. The fourth-order valence-corrected chi connectivity index (χ4v) is 3.91. The molecule has 2 N–H and O–H groups in total.